The third-order valence-corrected chi connectivity index (χ3v) is 5.02. The van der Waals surface area contributed by atoms with Crippen molar-refractivity contribution in [1.82, 2.24) is 0 Å². The molecule has 2 aromatic rings. The Balaban J connectivity index is 1.96. The molecular weight excluding hydrogens is 332 g/mol. The normalized spacial score (nSPS) is 22.9. The molecule has 132 valence electrons. The second kappa shape index (κ2) is 6.11. The number of ether oxygens (including phenoxy) is 3. The van der Waals surface area contributed by atoms with Crippen LogP contribution in [-0.2, 0) is 35.8 Å². The molecule has 5 nitrogen and oxygen atoms in total. The number of methoxy groups -OCH3 is 2. The number of benzene rings is 2. The lowest BCUT2D eigenvalue weighted by atomic mass is 9.74. The van der Waals surface area contributed by atoms with Crippen LogP contribution in [-0.4, -0.2) is 26.2 Å². The fourth-order valence-electron chi connectivity index (χ4n) is 3.98. The van der Waals surface area contributed by atoms with Gasteiger partial charge in [0.05, 0.1) is 25.4 Å². The van der Waals surface area contributed by atoms with Gasteiger partial charge in [-0.3, -0.25) is 0 Å². The zero-order chi connectivity index (χ0) is 18.3. The number of carbonyl (C=O) groups excluding carboxylic acids is 2. The molecule has 2 aromatic carbocycles. The zero-order valence-electron chi connectivity index (χ0n) is 14.5. The first-order valence-electron chi connectivity index (χ1n) is 8.35. The third kappa shape index (κ3) is 2.21. The van der Waals surface area contributed by atoms with Gasteiger partial charge in [0.15, 0.2) is 0 Å². The minimum Gasteiger partial charge on any atom is -0.466 e. The summed E-state index contributed by atoms with van der Waals surface area (Å²) >= 11 is 0. The van der Waals surface area contributed by atoms with Crippen LogP contribution in [0.4, 0.5) is 0 Å². The molecule has 0 spiro atoms. The SMILES string of the molecule is COC(=O)C1=C(C(=O)OC)C2(Cc3ccccc3)OC1c1ccccc12. The lowest BCUT2D eigenvalue weighted by molar-refractivity contribution is -0.140. The van der Waals surface area contributed by atoms with E-state index in [-0.39, 0.29) is 11.1 Å². The number of hydrogen-bond donors (Lipinski definition) is 0. The van der Waals surface area contributed by atoms with Crippen LogP contribution in [0.15, 0.2) is 65.7 Å². The predicted molar refractivity (Wildman–Crippen MR) is 93.2 cm³/mol. The smallest absolute Gasteiger partial charge is 0.337 e. The maximum Gasteiger partial charge on any atom is 0.337 e. The van der Waals surface area contributed by atoms with Crippen molar-refractivity contribution < 1.29 is 23.8 Å². The molecule has 4 rings (SSSR count). The van der Waals surface area contributed by atoms with Gasteiger partial charge in [-0.05, 0) is 16.7 Å². The highest BCUT2D eigenvalue weighted by molar-refractivity contribution is 6.05. The van der Waals surface area contributed by atoms with Crippen molar-refractivity contribution in [3.8, 4) is 0 Å². The molecule has 2 aliphatic heterocycles. The molecule has 0 fully saturated rings. The maximum atomic E-state index is 12.7. The van der Waals surface area contributed by atoms with Gasteiger partial charge in [0.1, 0.15) is 11.7 Å². The number of hydrogen-bond acceptors (Lipinski definition) is 5. The van der Waals surface area contributed by atoms with Crippen molar-refractivity contribution in [3.63, 3.8) is 0 Å². The first-order chi connectivity index (χ1) is 12.6. The highest BCUT2D eigenvalue weighted by atomic mass is 16.6. The van der Waals surface area contributed by atoms with Crippen LogP contribution >= 0.6 is 0 Å². The van der Waals surface area contributed by atoms with Crippen LogP contribution in [0.3, 0.4) is 0 Å². The molecule has 0 aliphatic carbocycles. The van der Waals surface area contributed by atoms with Crippen molar-refractivity contribution in [2.24, 2.45) is 0 Å². The topological polar surface area (TPSA) is 61.8 Å². The van der Waals surface area contributed by atoms with Gasteiger partial charge in [-0.15, -0.1) is 0 Å². The summed E-state index contributed by atoms with van der Waals surface area (Å²) in [7, 11) is 2.60. The summed E-state index contributed by atoms with van der Waals surface area (Å²) in [5.41, 5.74) is 2.18. The summed E-state index contributed by atoms with van der Waals surface area (Å²) in [6, 6.07) is 17.4. The first kappa shape index (κ1) is 16.5. The minimum atomic E-state index is -1.06. The van der Waals surface area contributed by atoms with E-state index >= 15 is 0 Å². The highest BCUT2D eigenvalue weighted by Gasteiger charge is 2.60. The summed E-state index contributed by atoms with van der Waals surface area (Å²) < 4.78 is 16.3. The van der Waals surface area contributed by atoms with Gasteiger partial charge >= 0.3 is 11.9 Å². The number of esters is 2. The monoisotopic (exact) mass is 350 g/mol. The summed E-state index contributed by atoms with van der Waals surface area (Å²) in [5.74, 6) is -1.14. The molecular formula is C21H18O5. The van der Waals surface area contributed by atoms with Crippen LogP contribution in [0.5, 0.6) is 0 Å². The molecule has 2 bridgehead atoms. The fraction of sp³-hybridized carbons (Fsp3) is 0.238. The highest BCUT2D eigenvalue weighted by Crippen LogP contribution is 2.59. The van der Waals surface area contributed by atoms with Gasteiger partial charge in [0.25, 0.3) is 0 Å². The molecule has 0 amide bonds. The Morgan fingerprint density at radius 3 is 2.31 bits per heavy atom. The van der Waals surface area contributed by atoms with Crippen LogP contribution in [0, 0.1) is 0 Å². The van der Waals surface area contributed by atoms with Gasteiger partial charge in [-0.1, -0.05) is 54.6 Å². The Morgan fingerprint density at radius 2 is 1.62 bits per heavy atom. The van der Waals surface area contributed by atoms with Gasteiger partial charge < -0.3 is 14.2 Å². The van der Waals surface area contributed by atoms with E-state index in [0.29, 0.717) is 6.42 Å². The summed E-state index contributed by atoms with van der Waals surface area (Å²) in [4.78, 5) is 25.1. The summed E-state index contributed by atoms with van der Waals surface area (Å²) in [6.45, 7) is 0. The summed E-state index contributed by atoms with van der Waals surface area (Å²) in [5, 5.41) is 0. The van der Waals surface area contributed by atoms with Crippen molar-refractivity contribution in [3.05, 3.63) is 82.4 Å². The van der Waals surface area contributed by atoms with Crippen LogP contribution in [0.25, 0.3) is 0 Å². The van der Waals surface area contributed by atoms with E-state index in [1.54, 1.807) is 0 Å². The first-order valence-corrected chi connectivity index (χ1v) is 8.35. The van der Waals surface area contributed by atoms with Crippen molar-refractivity contribution in [2.75, 3.05) is 14.2 Å². The average molecular weight is 350 g/mol. The molecule has 0 N–H and O–H groups in total. The summed E-state index contributed by atoms with van der Waals surface area (Å²) in [6.07, 6.45) is -0.205. The molecule has 2 atom stereocenters. The Morgan fingerprint density at radius 1 is 0.962 bits per heavy atom. The van der Waals surface area contributed by atoms with Crippen LogP contribution in [0.2, 0.25) is 0 Å². The predicted octanol–water partition coefficient (Wildman–Crippen LogP) is 2.85. The largest absolute Gasteiger partial charge is 0.466 e. The molecule has 2 aliphatic rings. The molecule has 0 radical (unpaired) electrons. The molecule has 26 heavy (non-hydrogen) atoms. The van der Waals surface area contributed by atoms with Crippen LogP contribution < -0.4 is 0 Å². The van der Waals surface area contributed by atoms with Crippen LogP contribution in [0.1, 0.15) is 22.8 Å². The van der Waals surface area contributed by atoms with Gasteiger partial charge in [-0.2, -0.15) is 0 Å². The third-order valence-electron chi connectivity index (χ3n) is 5.02. The quantitative estimate of drug-likeness (QED) is 0.794. The van der Waals surface area contributed by atoms with Crippen molar-refractivity contribution in [2.45, 2.75) is 18.1 Å². The van der Waals surface area contributed by atoms with E-state index in [1.807, 2.05) is 54.6 Å². The minimum absolute atomic E-state index is 0.231. The zero-order valence-corrected chi connectivity index (χ0v) is 14.5. The Bertz CT molecular complexity index is 915. The standard InChI is InChI=1S/C21H18O5/c1-24-19(22)16-17(20(23)25-2)21(12-13-8-4-3-5-9-13)15-11-7-6-10-14(15)18(16)26-21/h3-11,18H,12H2,1-2H3. The van der Waals surface area contributed by atoms with Gasteiger partial charge in [0, 0.05) is 6.42 Å². The number of fused-ring (bicyclic) bond motifs is 5. The van der Waals surface area contributed by atoms with E-state index in [2.05, 4.69) is 0 Å². The molecule has 0 saturated heterocycles. The Kier molecular flexibility index (Phi) is 3.89. The number of rotatable bonds is 4. The fourth-order valence-corrected chi connectivity index (χ4v) is 3.98. The second-order valence-corrected chi connectivity index (χ2v) is 6.35. The molecule has 0 aromatic heterocycles. The lowest BCUT2D eigenvalue weighted by Crippen LogP contribution is -2.34. The van der Waals surface area contributed by atoms with Gasteiger partial charge in [-0.25, -0.2) is 9.59 Å². The molecule has 0 saturated carbocycles. The maximum absolute atomic E-state index is 12.7. The van der Waals surface area contributed by atoms with E-state index in [1.165, 1.54) is 14.2 Å². The lowest BCUT2D eigenvalue weighted by Gasteiger charge is -2.29. The van der Waals surface area contributed by atoms with Crippen molar-refractivity contribution >= 4 is 11.9 Å². The van der Waals surface area contributed by atoms with E-state index in [4.69, 9.17) is 14.2 Å². The van der Waals surface area contributed by atoms with E-state index in [9.17, 15) is 9.59 Å². The molecule has 5 heteroatoms. The molecule has 2 heterocycles. The Hall–Kier alpha value is -2.92. The van der Waals surface area contributed by atoms with E-state index < -0.39 is 23.6 Å². The average Bonchev–Trinajstić information content (AvgIpc) is 3.19. The van der Waals surface area contributed by atoms with Crippen molar-refractivity contribution in [1.29, 1.82) is 0 Å². The van der Waals surface area contributed by atoms with E-state index in [0.717, 1.165) is 16.7 Å². The Labute approximate surface area is 151 Å². The van der Waals surface area contributed by atoms with Gasteiger partial charge in [0.2, 0.25) is 0 Å². The number of carbonyl (C=O) groups is 2. The molecule has 2 unspecified atom stereocenters. The second-order valence-electron chi connectivity index (χ2n) is 6.35.